The molecule has 9 heteroatoms. The van der Waals surface area contributed by atoms with E-state index in [0.717, 1.165) is 23.0 Å². The van der Waals surface area contributed by atoms with Crippen LogP contribution in [-0.4, -0.2) is 35.2 Å². The van der Waals surface area contributed by atoms with Crippen molar-refractivity contribution in [3.8, 4) is 11.6 Å². The number of aryl methyl sites for hydroxylation is 4. The van der Waals surface area contributed by atoms with Gasteiger partial charge in [-0.15, -0.1) is 0 Å². The summed E-state index contributed by atoms with van der Waals surface area (Å²) in [5.41, 5.74) is 5.11. The molecule has 2 aromatic carbocycles. The highest BCUT2D eigenvalue weighted by molar-refractivity contribution is 5.87. The zero-order valence-electron chi connectivity index (χ0n) is 23.7. The molecule has 5 aromatic rings. The highest BCUT2D eigenvalue weighted by Crippen LogP contribution is 2.29. The van der Waals surface area contributed by atoms with Crippen molar-refractivity contribution in [1.82, 2.24) is 24.1 Å². The third-order valence-corrected chi connectivity index (χ3v) is 7.17. The number of aliphatic carboxylic acids is 1. The Labute approximate surface area is 237 Å². The molecule has 41 heavy (non-hydrogen) atoms. The molecule has 2 N–H and O–H groups in total. The molecule has 0 saturated heterocycles. The largest absolute Gasteiger partial charge is 0.478 e. The van der Waals surface area contributed by atoms with Crippen molar-refractivity contribution in [3.63, 3.8) is 0 Å². The van der Waals surface area contributed by atoms with E-state index in [2.05, 4.69) is 5.32 Å². The van der Waals surface area contributed by atoms with Crippen molar-refractivity contribution in [3.05, 3.63) is 111 Å². The van der Waals surface area contributed by atoms with E-state index < -0.39 is 12.0 Å². The van der Waals surface area contributed by atoms with E-state index in [0.29, 0.717) is 51.9 Å². The Morgan fingerprint density at radius 3 is 2.29 bits per heavy atom. The summed E-state index contributed by atoms with van der Waals surface area (Å²) in [5.74, 6) is 0.367. The lowest BCUT2D eigenvalue weighted by molar-refractivity contribution is -0.131. The summed E-state index contributed by atoms with van der Waals surface area (Å²) in [6, 6.07) is 18.6. The Hall–Kier alpha value is -5.05. The number of anilines is 1. The molecule has 0 aliphatic heterocycles. The van der Waals surface area contributed by atoms with E-state index in [-0.39, 0.29) is 5.56 Å². The summed E-state index contributed by atoms with van der Waals surface area (Å²) < 4.78 is 3.60. The van der Waals surface area contributed by atoms with Gasteiger partial charge >= 0.3 is 5.97 Å². The second kappa shape index (κ2) is 11.2. The molecule has 0 fully saturated rings. The summed E-state index contributed by atoms with van der Waals surface area (Å²) in [4.78, 5) is 40.0. The standard InChI is InChI=1S/C32H32N6O3/c1-6-25(30-35-26-14-10-11-19(2)28(26)31(41)38(30)23-12-8-7-9-13-23)34-29-24(17-18-27(39)40)22(5)33-32(36-29)37-20(3)15-16-21(37)4/h7-18,25H,6H2,1-5H3,(H,39,40)(H,33,34,36)/b18-17+. The number of rotatable bonds is 8. The van der Waals surface area contributed by atoms with Gasteiger partial charge in [0.15, 0.2) is 0 Å². The first kappa shape index (κ1) is 27.5. The minimum atomic E-state index is -1.08. The van der Waals surface area contributed by atoms with Crippen molar-refractivity contribution in [2.24, 2.45) is 0 Å². The lowest BCUT2D eigenvalue weighted by Gasteiger charge is -2.24. The number of benzene rings is 2. The minimum absolute atomic E-state index is 0.154. The van der Waals surface area contributed by atoms with Gasteiger partial charge < -0.3 is 10.4 Å². The zero-order valence-corrected chi connectivity index (χ0v) is 23.7. The van der Waals surface area contributed by atoms with Crippen LogP contribution in [-0.2, 0) is 4.79 Å². The maximum atomic E-state index is 14.0. The van der Waals surface area contributed by atoms with Crippen LogP contribution in [0, 0.1) is 27.7 Å². The van der Waals surface area contributed by atoms with E-state index in [1.54, 1.807) is 4.57 Å². The van der Waals surface area contributed by atoms with Gasteiger partial charge in [-0.25, -0.2) is 14.8 Å². The van der Waals surface area contributed by atoms with Crippen LogP contribution in [0.15, 0.2) is 71.5 Å². The monoisotopic (exact) mass is 548 g/mol. The zero-order chi connectivity index (χ0) is 29.3. The van der Waals surface area contributed by atoms with Crippen molar-refractivity contribution in [1.29, 1.82) is 0 Å². The predicted octanol–water partition coefficient (Wildman–Crippen LogP) is 5.86. The van der Waals surface area contributed by atoms with Crippen molar-refractivity contribution in [2.75, 3.05) is 5.32 Å². The first-order chi connectivity index (χ1) is 19.7. The Balaban J connectivity index is 1.73. The van der Waals surface area contributed by atoms with Gasteiger partial charge in [0.05, 0.1) is 28.3 Å². The van der Waals surface area contributed by atoms with Crippen LogP contribution in [0.4, 0.5) is 5.82 Å². The van der Waals surface area contributed by atoms with Crippen LogP contribution < -0.4 is 10.9 Å². The molecule has 0 radical (unpaired) electrons. The molecule has 1 unspecified atom stereocenters. The van der Waals surface area contributed by atoms with Crippen LogP contribution in [0.5, 0.6) is 0 Å². The molecule has 3 aromatic heterocycles. The highest BCUT2D eigenvalue weighted by Gasteiger charge is 2.23. The average molecular weight is 549 g/mol. The first-order valence-corrected chi connectivity index (χ1v) is 13.5. The summed E-state index contributed by atoms with van der Waals surface area (Å²) in [6.45, 7) is 9.69. The van der Waals surface area contributed by atoms with Gasteiger partial charge in [-0.2, -0.15) is 4.98 Å². The van der Waals surface area contributed by atoms with Gasteiger partial charge in [0.2, 0.25) is 5.95 Å². The number of carboxylic acid groups (broad SMARTS) is 1. The molecule has 9 nitrogen and oxygen atoms in total. The van der Waals surface area contributed by atoms with Gasteiger partial charge in [0, 0.05) is 23.0 Å². The summed E-state index contributed by atoms with van der Waals surface area (Å²) in [7, 11) is 0. The number of nitrogens with zero attached hydrogens (tertiary/aromatic N) is 5. The number of fused-ring (bicyclic) bond motifs is 1. The Kier molecular flexibility index (Phi) is 7.52. The number of aromatic nitrogens is 5. The van der Waals surface area contributed by atoms with Crippen molar-refractivity contribution < 1.29 is 9.90 Å². The van der Waals surface area contributed by atoms with E-state index in [4.69, 9.17) is 15.0 Å². The number of hydrogen-bond donors (Lipinski definition) is 2. The van der Waals surface area contributed by atoms with Crippen LogP contribution in [0.1, 0.15) is 53.4 Å². The Bertz CT molecular complexity index is 1830. The van der Waals surface area contributed by atoms with Crippen molar-refractivity contribution >= 4 is 28.8 Å². The van der Waals surface area contributed by atoms with Crippen LogP contribution in [0.3, 0.4) is 0 Å². The second-order valence-electron chi connectivity index (χ2n) is 10.0. The lowest BCUT2D eigenvalue weighted by Crippen LogP contribution is -2.29. The maximum absolute atomic E-state index is 14.0. The third kappa shape index (κ3) is 5.26. The second-order valence-corrected chi connectivity index (χ2v) is 10.0. The fourth-order valence-electron chi connectivity index (χ4n) is 5.10. The van der Waals surface area contributed by atoms with Gasteiger partial charge in [0.1, 0.15) is 11.6 Å². The predicted molar refractivity (Wildman–Crippen MR) is 161 cm³/mol. The number of carboxylic acids is 1. The number of para-hydroxylation sites is 1. The molecule has 0 amide bonds. The highest BCUT2D eigenvalue weighted by atomic mass is 16.4. The Morgan fingerprint density at radius 2 is 1.63 bits per heavy atom. The van der Waals surface area contributed by atoms with Gasteiger partial charge in [0.25, 0.3) is 5.56 Å². The lowest BCUT2D eigenvalue weighted by atomic mass is 10.1. The van der Waals surface area contributed by atoms with Gasteiger partial charge in [-0.05, 0) is 76.1 Å². The van der Waals surface area contributed by atoms with Gasteiger partial charge in [-0.1, -0.05) is 37.3 Å². The molecule has 1 atom stereocenters. The average Bonchev–Trinajstić information content (AvgIpc) is 3.28. The molecular formula is C32H32N6O3. The van der Waals surface area contributed by atoms with Crippen LogP contribution in [0.2, 0.25) is 0 Å². The summed E-state index contributed by atoms with van der Waals surface area (Å²) in [6.07, 6.45) is 3.13. The first-order valence-electron chi connectivity index (χ1n) is 13.5. The molecule has 0 spiro atoms. The third-order valence-electron chi connectivity index (χ3n) is 7.17. The normalized spacial score (nSPS) is 12.2. The SMILES string of the molecule is CCC(Nc1nc(-n2c(C)ccc2C)nc(C)c1/C=C/C(=O)O)c1nc2cccc(C)c2c(=O)n1-c1ccccc1. The number of hydrogen-bond acceptors (Lipinski definition) is 6. The van der Waals surface area contributed by atoms with Gasteiger partial charge in [-0.3, -0.25) is 13.9 Å². The molecule has 0 bridgehead atoms. The van der Waals surface area contributed by atoms with E-state index in [1.165, 1.54) is 6.08 Å². The van der Waals surface area contributed by atoms with Crippen LogP contribution >= 0.6 is 0 Å². The summed E-state index contributed by atoms with van der Waals surface area (Å²) in [5, 5.41) is 13.4. The van der Waals surface area contributed by atoms with E-state index in [9.17, 15) is 14.7 Å². The molecular weight excluding hydrogens is 516 g/mol. The fourth-order valence-corrected chi connectivity index (χ4v) is 5.10. The maximum Gasteiger partial charge on any atom is 0.328 e. The molecule has 5 rings (SSSR count). The topological polar surface area (TPSA) is 115 Å². The quantitative estimate of drug-likeness (QED) is 0.233. The molecule has 208 valence electrons. The fraction of sp³-hybridized carbons (Fsp3) is 0.219. The van der Waals surface area contributed by atoms with Crippen LogP contribution in [0.25, 0.3) is 28.6 Å². The minimum Gasteiger partial charge on any atom is -0.478 e. The van der Waals surface area contributed by atoms with Crippen molar-refractivity contribution in [2.45, 2.75) is 47.1 Å². The molecule has 0 aliphatic rings. The Morgan fingerprint density at radius 1 is 0.927 bits per heavy atom. The van der Waals surface area contributed by atoms with E-state index >= 15 is 0 Å². The summed E-state index contributed by atoms with van der Waals surface area (Å²) >= 11 is 0. The number of nitrogens with one attached hydrogen (secondary N) is 1. The molecule has 0 saturated carbocycles. The molecule has 0 aliphatic carbocycles. The number of carbonyl (C=O) groups is 1. The molecule has 3 heterocycles. The smallest absolute Gasteiger partial charge is 0.328 e. The van der Waals surface area contributed by atoms with E-state index in [1.807, 2.05) is 99.8 Å².